The van der Waals surface area contributed by atoms with Crippen LogP contribution in [0.2, 0.25) is 0 Å². The van der Waals surface area contributed by atoms with Gasteiger partial charge in [0.25, 0.3) is 0 Å². The van der Waals surface area contributed by atoms with Crippen molar-refractivity contribution in [3.8, 4) is 11.6 Å². The van der Waals surface area contributed by atoms with Crippen molar-refractivity contribution in [3.63, 3.8) is 0 Å². The number of ether oxygens (including phenoxy) is 2. The van der Waals surface area contributed by atoms with Crippen LogP contribution in [-0.4, -0.2) is 17.4 Å². The van der Waals surface area contributed by atoms with E-state index in [1.54, 1.807) is 18.2 Å². The van der Waals surface area contributed by atoms with Gasteiger partial charge in [-0.3, -0.25) is 4.99 Å². The molecule has 5 rings (SSSR count). The molecule has 0 fully saturated rings. The maximum absolute atomic E-state index is 12.6. The molecule has 2 bridgehead atoms. The molecule has 0 radical (unpaired) electrons. The molecule has 0 N–H and O–H groups in total. The van der Waals surface area contributed by atoms with Gasteiger partial charge in [0.05, 0.1) is 5.69 Å². The van der Waals surface area contributed by atoms with E-state index in [1.165, 1.54) is 11.1 Å². The molecular weight excluding hydrogens is 472 g/mol. The van der Waals surface area contributed by atoms with E-state index in [9.17, 15) is 4.79 Å². The number of benzene rings is 2. The van der Waals surface area contributed by atoms with Crippen LogP contribution in [0.25, 0.3) is 0 Å². The number of carbonyl (C=O) groups excluding carboxylic acids is 1. The van der Waals surface area contributed by atoms with Crippen molar-refractivity contribution in [2.24, 2.45) is 10.9 Å². The van der Waals surface area contributed by atoms with Crippen molar-refractivity contribution >= 4 is 12.4 Å². The van der Waals surface area contributed by atoms with Gasteiger partial charge in [-0.2, -0.15) is 0 Å². The van der Waals surface area contributed by atoms with E-state index in [1.807, 2.05) is 42.6 Å². The monoisotopic (exact) mass is 506 g/mol. The van der Waals surface area contributed by atoms with Gasteiger partial charge in [0.1, 0.15) is 11.3 Å². The number of fused-ring (bicyclic) bond motifs is 4. The minimum atomic E-state index is -0.807. The van der Waals surface area contributed by atoms with Gasteiger partial charge < -0.3 is 9.47 Å². The Balaban J connectivity index is 1.41. The highest BCUT2D eigenvalue weighted by Crippen LogP contribution is 2.52. The average molecular weight is 507 g/mol. The number of carbonyl (C=O) groups is 1. The van der Waals surface area contributed by atoms with Crippen LogP contribution in [0.5, 0.6) is 11.6 Å². The molecule has 3 aromatic rings. The molecule has 2 aromatic carbocycles. The lowest BCUT2D eigenvalue weighted by molar-refractivity contribution is 0.149. The Bertz CT molecular complexity index is 1430. The van der Waals surface area contributed by atoms with E-state index in [0.717, 1.165) is 35.2 Å². The molecule has 2 aliphatic rings. The molecule has 1 aromatic heterocycles. The largest absolute Gasteiger partial charge is 0.520 e. The maximum Gasteiger partial charge on any atom is 0.520 e. The second-order valence-electron chi connectivity index (χ2n) is 11.1. The molecule has 5 heteroatoms. The van der Waals surface area contributed by atoms with Crippen LogP contribution in [0.15, 0.2) is 95.0 Å². The third-order valence-electron chi connectivity index (χ3n) is 7.36. The van der Waals surface area contributed by atoms with Crippen molar-refractivity contribution < 1.29 is 14.3 Å². The molecule has 1 heterocycles. The van der Waals surface area contributed by atoms with Gasteiger partial charge >= 0.3 is 6.16 Å². The number of hydrogen-bond acceptors (Lipinski definition) is 5. The van der Waals surface area contributed by atoms with Crippen LogP contribution in [0.4, 0.5) is 4.79 Å². The van der Waals surface area contributed by atoms with Gasteiger partial charge in [-0.05, 0) is 54.2 Å². The van der Waals surface area contributed by atoms with Crippen molar-refractivity contribution in [1.29, 1.82) is 0 Å². The first-order chi connectivity index (χ1) is 18.2. The number of nitrogens with zero attached hydrogens (tertiary/aromatic N) is 2. The predicted octanol–water partition coefficient (Wildman–Crippen LogP) is 7.74. The third kappa shape index (κ3) is 5.06. The molecule has 0 aliphatic heterocycles. The number of allylic oxidation sites excluding steroid dienone is 2. The van der Waals surface area contributed by atoms with E-state index in [4.69, 9.17) is 19.5 Å². The summed E-state index contributed by atoms with van der Waals surface area (Å²) in [5.41, 5.74) is 6.27. The fraction of sp³-hybridized carbons (Fsp3) is 0.303. The van der Waals surface area contributed by atoms with Gasteiger partial charge in [-0.25, -0.2) is 9.78 Å². The Hall–Kier alpha value is -3.99. The summed E-state index contributed by atoms with van der Waals surface area (Å²) in [5.74, 6) is 0.859. The van der Waals surface area contributed by atoms with Gasteiger partial charge in [-0.15, -0.1) is 0 Å². The Kier molecular flexibility index (Phi) is 6.78. The molecule has 2 atom stereocenters. The minimum Gasteiger partial charge on any atom is -0.395 e. The smallest absolute Gasteiger partial charge is 0.395 e. The highest BCUT2D eigenvalue weighted by molar-refractivity contribution is 5.80. The number of aromatic nitrogens is 1. The van der Waals surface area contributed by atoms with Crippen molar-refractivity contribution in [2.45, 2.75) is 58.4 Å². The number of aliphatic imine (C=N–C) groups is 1. The zero-order valence-electron chi connectivity index (χ0n) is 22.7. The lowest BCUT2D eigenvalue weighted by Gasteiger charge is -2.45. The van der Waals surface area contributed by atoms with E-state index < -0.39 is 11.7 Å². The zero-order chi connectivity index (χ0) is 26.9. The maximum atomic E-state index is 12.6. The highest BCUT2D eigenvalue weighted by atomic mass is 16.7. The van der Waals surface area contributed by atoms with Crippen LogP contribution >= 0.6 is 0 Å². The SMILES string of the molecule is CC=C1C2C=C(C)CC1(N=Cc1ccccc1)c1ccc(OC(=O)Oc3ccc(C(C)(C)C)cc3)nc1C2. The molecule has 38 heavy (non-hydrogen) atoms. The Morgan fingerprint density at radius 3 is 2.45 bits per heavy atom. The molecule has 0 saturated carbocycles. The van der Waals surface area contributed by atoms with Crippen LogP contribution < -0.4 is 9.47 Å². The summed E-state index contributed by atoms with van der Waals surface area (Å²) >= 11 is 0. The average Bonchev–Trinajstić information content (AvgIpc) is 2.87. The fourth-order valence-electron chi connectivity index (χ4n) is 5.59. The molecule has 0 amide bonds. The van der Waals surface area contributed by atoms with Crippen molar-refractivity contribution in [3.05, 3.63) is 112 Å². The first-order valence-corrected chi connectivity index (χ1v) is 13.1. The highest BCUT2D eigenvalue weighted by Gasteiger charge is 2.46. The number of rotatable bonds is 4. The summed E-state index contributed by atoms with van der Waals surface area (Å²) in [4.78, 5) is 22.5. The minimum absolute atomic E-state index is 0.0213. The summed E-state index contributed by atoms with van der Waals surface area (Å²) in [6.45, 7) is 10.7. The van der Waals surface area contributed by atoms with Crippen LogP contribution in [-0.2, 0) is 17.4 Å². The van der Waals surface area contributed by atoms with Gasteiger partial charge in [0.15, 0.2) is 0 Å². The van der Waals surface area contributed by atoms with Crippen LogP contribution in [0.3, 0.4) is 0 Å². The molecule has 2 unspecified atom stereocenters. The Morgan fingerprint density at radius 1 is 1.03 bits per heavy atom. The summed E-state index contributed by atoms with van der Waals surface area (Å²) in [5, 5.41) is 0. The number of hydrogen-bond donors (Lipinski definition) is 0. The lowest BCUT2D eigenvalue weighted by atomic mass is 9.63. The Labute approximate surface area is 224 Å². The summed E-state index contributed by atoms with van der Waals surface area (Å²) in [7, 11) is 0. The molecule has 194 valence electrons. The van der Waals surface area contributed by atoms with E-state index in [0.29, 0.717) is 5.75 Å². The Morgan fingerprint density at radius 2 is 1.76 bits per heavy atom. The van der Waals surface area contributed by atoms with Gasteiger partial charge in [-0.1, -0.05) is 81.0 Å². The molecule has 2 aliphatic carbocycles. The lowest BCUT2D eigenvalue weighted by Crippen LogP contribution is -2.40. The van der Waals surface area contributed by atoms with E-state index in [2.05, 4.69) is 58.9 Å². The number of pyridine rings is 1. The molecular formula is C33H34N2O3. The summed E-state index contributed by atoms with van der Waals surface area (Å²) in [6.07, 6.45) is 7.19. The van der Waals surface area contributed by atoms with Crippen LogP contribution in [0.1, 0.15) is 63.4 Å². The second kappa shape index (κ2) is 10.1. The first kappa shape index (κ1) is 25.7. The van der Waals surface area contributed by atoms with Crippen LogP contribution in [0, 0.1) is 5.92 Å². The summed E-state index contributed by atoms with van der Waals surface area (Å²) < 4.78 is 10.9. The van der Waals surface area contributed by atoms with Crippen molar-refractivity contribution in [1.82, 2.24) is 4.98 Å². The second-order valence-corrected chi connectivity index (χ2v) is 11.1. The van der Waals surface area contributed by atoms with Gasteiger partial charge in [0, 0.05) is 36.6 Å². The quantitative estimate of drug-likeness (QED) is 0.157. The standard InChI is InChI=1S/C33H34N2O3/c1-6-27-24-18-22(2)20-33(27,34-21-23-10-8-7-9-11-23)28-16-17-30(35-29(28)19-24)38-31(36)37-26-14-12-25(13-15-26)32(3,4)5/h6-18,21,24H,19-20H2,1-5H3. The van der Waals surface area contributed by atoms with E-state index in [-0.39, 0.29) is 17.2 Å². The zero-order valence-corrected chi connectivity index (χ0v) is 22.7. The van der Waals surface area contributed by atoms with Gasteiger partial charge in [0.2, 0.25) is 5.88 Å². The molecule has 0 saturated heterocycles. The van der Waals surface area contributed by atoms with E-state index >= 15 is 0 Å². The predicted molar refractivity (Wildman–Crippen MR) is 151 cm³/mol. The molecule has 0 spiro atoms. The fourth-order valence-corrected chi connectivity index (χ4v) is 5.59. The molecule has 5 nitrogen and oxygen atoms in total. The summed E-state index contributed by atoms with van der Waals surface area (Å²) in [6, 6.07) is 21.4. The third-order valence-corrected chi connectivity index (χ3v) is 7.36. The topological polar surface area (TPSA) is 60.8 Å². The normalized spacial score (nSPS) is 21.7. The van der Waals surface area contributed by atoms with Crippen molar-refractivity contribution in [2.75, 3.05) is 0 Å². The first-order valence-electron chi connectivity index (χ1n) is 13.1.